The highest BCUT2D eigenvalue weighted by atomic mass is 19.4. The van der Waals surface area contributed by atoms with Crippen molar-refractivity contribution < 1.29 is 13.2 Å². The van der Waals surface area contributed by atoms with Crippen LogP contribution in [0.3, 0.4) is 0 Å². The summed E-state index contributed by atoms with van der Waals surface area (Å²) in [6, 6.07) is 68.4. The average Bonchev–Trinajstić information content (AvgIpc) is 3.85. The first kappa shape index (κ1) is 38.3. The maximum absolute atomic E-state index is 14.9. The second kappa shape index (κ2) is 15.1. The minimum Gasteiger partial charge on any atom is -0.309 e. The van der Waals surface area contributed by atoms with Crippen molar-refractivity contribution in [2.24, 2.45) is 0 Å². The third-order valence-electron chi connectivity index (χ3n) is 12.2. The molecule has 0 saturated carbocycles. The van der Waals surface area contributed by atoms with Crippen molar-refractivity contribution in [2.75, 3.05) is 0 Å². The fourth-order valence-electron chi connectivity index (χ4n) is 9.32. The van der Waals surface area contributed by atoms with Crippen molar-refractivity contribution in [3.63, 3.8) is 0 Å². The van der Waals surface area contributed by atoms with Gasteiger partial charge in [-0.25, -0.2) is 0 Å². The zero-order valence-electron chi connectivity index (χ0n) is 34.0. The molecule has 0 aliphatic carbocycles. The smallest absolute Gasteiger partial charge is 0.309 e. The molecule has 0 atom stereocenters. The molecule has 2 heterocycles. The summed E-state index contributed by atoms with van der Waals surface area (Å²) in [4.78, 5) is 0. The first-order valence-electron chi connectivity index (χ1n) is 20.8. The largest absolute Gasteiger partial charge is 0.417 e. The molecule has 0 radical (unpaired) electrons. The first-order chi connectivity index (χ1) is 31.3. The number of halogens is 3. The monoisotopic (exact) mass is 830 g/mol. The number of nitrogens with zero attached hydrogens (tertiary/aromatic N) is 4. The summed E-state index contributed by atoms with van der Waals surface area (Å²) in [7, 11) is 0. The van der Waals surface area contributed by atoms with E-state index in [2.05, 4.69) is 100 Å². The van der Waals surface area contributed by atoms with Gasteiger partial charge in [0.2, 0.25) is 0 Å². The minimum absolute atomic E-state index is 0.0580. The van der Waals surface area contributed by atoms with Crippen LogP contribution in [0.25, 0.3) is 99.5 Å². The highest BCUT2D eigenvalue weighted by molar-refractivity contribution is 6.13. The van der Waals surface area contributed by atoms with E-state index in [1.54, 1.807) is 18.2 Å². The lowest BCUT2D eigenvalue weighted by molar-refractivity contribution is -0.137. The van der Waals surface area contributed by atoms with E-state index >= 15 is 0 Å². The van der Waals surface area contributed by atoms with Gasteiger partial charge in [-0.2, -0.15) is 23.7 Å². The predicted molar refractivity (Wildman–Crippen MR) is 251 cm³/mol. The second-order valence-corrected chi connectivity index (χ2v) is 15.8. The van der Waals surface area contributed by atoms with Crippen molar-refractivity contribution >= 4 is 43.6 Å². The fourth-order valence-corrected chi connectivity index (χ4v) is 9.32. The van der Waals surface area contributed by atoms with Gasteiger partial charge in [-0.1, -0.05) is 121 Å². The lowest BCUT2D eigenvalue weighted by Crippen LogP contribution is -2.08. The third kappa shape index (κ3) is 6.30. The molecule has 9 aromatic carbocycles. The van der Waals surface area contributed by atoms with Gasteiger partial charge in [-0.05, 0) is 112 Å². The molecule has 64 heavy (non-hydrogen) atoms. The maximum Gasteiger partial charge on any atom is 0.417 e. The fraction of sp³-hybridized carbons (Fsp3) is 0.0175. The number of rotatable bonds is 6. The third-order valence-corrected chi connectivity index (χ3v) is 12.2. The Morgan fingerprint density at radius 1 is 0.344 bits per heavy atom. The van der Waals surface area contributed by atoms with E-state index < -0.39 is 11.7 Å². The van der Waals surface area contributed by atoms with E-state index in [4.69, 9.17) is 0 Å². The van der Waals surface area contributed by atoms with E-state index in [-0.39, 0.29) is 11.1 Å². The van der Waals surface area contributed by atoms with E-state index in [0.29, 0.717) is 27.9 Å². The second-order valence-electron chi connectivity index (χ2n) is 15.8. The SMILES string of the molecule is N#Cc1ccc(-n2c3ccccc3c3cc(-c4ccccc4)ccc32)c(-c2cc(-c3ccc(C#N)cc3C(F)(F)F)ccc2-n2c3ccccc3c3cc(-c4ccccc4)ccc32)c1. The number of nitriles is 2. The van der Waals surface area contributed by atoms with Crippen LogP contribution >= 0.6 is 0 Å². The summed E-state index contributed by atoms with van der Waals surface area (Å²) in [5, 5.41) is 24.2. The molecule has 4 nitrogen and oxygen atoms in total. The number of para-hydroxylation sites is 2. The van der Waals surface area contributed by atoms with Gasteiger partial charge in [-0.3, -0.25) is 0 Å². The summed E-state index contributed by atoms with van der Waals surface area (Å²) >= 11 is 0. The minimum atomic E-state index is -4.74. The van der Waals surface area contributed by atoms with Crippen LogP contribution in [0.2, 0.25) is 0 Å². The van der Waals surface area contributed by atoms with E-state index in [9.17, 15) is 23.7 Å². The van der Waals surface area contributed by atoms with E-state index in [1.165, 1.54) is 12.1 Å². The number of benzene rings is 9. The van der Waals surface area contributed by atoms with Crippen LogP contribution in [-0.4, -0.2) is 9.13 Å². The van der Waals surface area contributed by atoms with Crippen LogP contribution in [-0.2, 0) is 6.18 Å². The topological polar surface area (TPSA) is 57.4 Å². The van der Waals surface area contributed by atoms with Crippen LogP contribution in [0.15, 0.2) is 200 Å². The Kier molecular flexibility index (Phi) is 9.01. The van der Waals surface area contributed by atoms with E-state index in [0.717, 1.165) is 77.6 Å². The van der Waals surface area contributed by atoms with Crippen LogP contribution in [0.1, 0.15) is 16.7 Å². The Balaban J connectivity index is 1.24. The van der Waals surface area contributed by atoms with Crippen molar-refractivity contribution in [1.29, 1.82) is 10.5 Å². The summed E-state index contributed by atoms with van der Waals surface area (Å²) < 4.78 is 49.1. The van der Waals surface area contributed by atoms with Crippen LogP contribution < -0.4 is 0 Å². The Hall–Kier alpha value is -8.65. The van der Waals surface area contributed by atoms with Crippen molar-refractivity contribution in [3.8, 4) is 68.0 Å². The zero-order valence-corrected chi connectivity index (χ0v) is 34.0. The predicted octanol–water partition coefficient (Wildman–Crippen LogP) is 15.3. The first-order valence-corrected chi connectivity index (χ1v) is 20.8. The van der Waals surface area contributed by atoms with Crippen molar-refractivity contribution in [2.45, 2.75) is 6.18 Å². The van der Waals surface area contributed by atoms with Crippen LogP contribution in [0, 0.1) is 22.7 Å². The molecule has 7 heteroatoms. The van der Waals surface area contributed by atoms with Crippen molar-refractivity contribution in [1.82, 2.24) is 9.13 Å². The van der Waals surface area contributed by atoms with Gasteiger partial charge in [0.15, 0.2) is 0 Å². The number of hydrogen-bond donors (Lipinski definition) is 0. The zero-order chi connectivity index (χ0) is 43.5. The lowest BCUT2D eigenvalue weighted by atomic mass is 9.92. The standard InChI is InChI=1S/C57H33F3N4/c58-57(59,60)50-30-37(35-62)19-24-43(50)42-23-28-56(64-52-18-10-8-16-45(52)48-32-41(22-27-55(48)64)39-13-5-2-6-14-39)49(33-42)46-29-36(34-61)20-25-53(46)63-51-17-9-7-15-44(51)47-31-40(21-26-54(47)63)38-11-3-1-4-12-38/h1-33H. The molecule has 302 valence electrons. The van der Waals surface area contributed by atoms with Gasteiger partial charge in [0.1, 0.15) is 0 Å². The summed E-state index contributed by atoms with van der Waals surface area (Å²) in [6.45, 7) is 0. The Labute approximate surface area is 366 Å². The van der Waals surface area contributed by atoms with Gasteiger partial charge < -0.3 is 9.13 Å². The van der Waals surface area contributed by atoms with Gasteiger partial charge in [0, 0.05) is 32.7 Å². The molecule has 0 spiro atoms. The number of alkyl halides is 3. The Morgan fingerprint density at radius 2 is 0.781 bits per heavy atom. The molecule has 0 saturated heterocycles. The molecule has 2 aromatic heterocycles. The molecular formula is C57H33F3N4. The average molecular weight is 831 g/mol. The molecule has 0 amide bonds. The lowest BCUT2D eigenvalue weighted by Gasteiger charge is -2.21. The molecule has 11 aromatic rings. The van der Waals surface area contributed by atoms with Gasteiger partial charge >= 0.3 is 6.18 Å². The Bertz CT molecular complexity index is 3730. The normalized spacial score (nSPS) is 11.6. The van der Waals surface area contributed by atoms with Gasteiger partial charge in [0.05, 0.1) is 62.3 Å². The molecule has 0 fully saturated rings. The number of aromatic nitrogens is 2. The number of fused-ring (bicyclic) bond motifs is 6. The summed E-state index contributed by atoms with van der Waals surface area (Å²) in [5.41, 5.74) is 10.4. The molecule has 0 aliphatic rings. The number of hydrogen-bond acceptors (Lipinski definition) is 2. The van der Waals surface area contributed by atoms with Gasteiger partial charge in [0.25, 0.3) is 0 Å². The quantitative estimate of drug-likeness (QED) is 0.168. The molecule has 0 N–H and O–H groups in total. The Morgan fingerprint density at radius 3 is 1.31 bits per heavy atom. The molecule has 0 bridgehead atoms. The summed E-state index contributed by atoms with van der Waals surface area (Å²) in [5.74, 6) is 0. The molecule has 11 rings (SSSR count). The molecular weight excluding hydrogens is 798 g/mol. The van der Waals surface area contributed by atoms with Crippen LogP contribution in [0.4, 0.5) is 13.2 Å². The summed E-state index contributed by atoms with van der Waals surface area (Å²) in [6.07, 6.45) is -4.74. The highest BCUT2D eigenvalue weighted by Gasteiger charge is 2.34. The molecule has 0 aliphatic heterocycles. The van der Waals surface area contributed by atoms with Crippen LogP contribution in [0.5, 0.6) is 0 Å². The van der Waals surface area contributed by atoms with E-state index in [1.807, 2.05) is 84.9 Å². The van der Waals surface area contributed by atoms with Gasteiger partial charge in [-0.15, -0.1) is 0 Å². The highest BCUT2D eigenvalue weighted by Crippen LogP contribution is 2.45. The van der Waals surface area contributed by atoms with Crippen molar-refractivity contribution in [3.05, 3.63) is 217 Å². The molecule has 0 unspecified atom stereocenters. The maximum atomic E-state index is 14.9.